The van der Waals surface area contributed by atoms with Crippen LogP contribution in [0.25, 0.3) is 0 Å². The molecule has 2 rings (SSSR count). The summed E-state index contributed by atoms with van der Waals surface area (Å²) >= 11 is 3.45. The van der Waals surface area contributed by atoms with Gasteiger partial charge in [-0.25, -0.2) is 4.98 Å². The number of benzene rings is 1. The number of anilines is 2. The van der Waals surface area contributed by atoms with E-state index < -0.39 is 0 Å². The van der Waals surface area contributed by atoms with Crippen LogP contribution in [0.3, 0.4) is 0 Å². The van der Waals surface area contributed by atoms with Crippen LogP contribution in [0.5, 0.6) is 0 Å². The first-order valence-electron chi connectivity index (χ1n) is 7.11. The Morgan fingerprint density at radius 2 is 1.91 bits per heavy atom. The maximum absolute atomic E-state index is 12.1. The molecule has 1 aromatic heterocycles. The first-order chi connectivity index (χ1) is 10.3. The van der Waals surface area contributed by atoms with Gasteiger partial charge < -0.3 is 10.6 Å². The molecule has 0 aliphatic rings. The molecule has 0 aliphatic carbocycles. The lowest BCUT2D eigenvalue weighted by Crippen LogP contribution is -2.26. The van der Waals surface area contributed by atoms with Crippen molar-refractivity contribution in [2.24, 2.45) is 0 Å². The van der Waals surface area contributed by atoms with Crippen molar-refractivity contribution < 1.29 is 4.79 Å². The number of rotatable bonds is 4. The average molecular weight is 362 g/mol. The highest BCUT2D eigenvalue weighted by molar-refractivity contribution is 9.10. The number of amides is 1. The summed E-state index contributed by atoms with van der Waals surface area (Å²) in [6.07, 6.45) is 1.98. The number of carbonyl (C=O) groups is 1. The van der Waals surface area contributed by atoms with Crippen molar-refractivity contribution in [3.05, 3.63) is 52.6 Å². The second kappa shape index (κ2) is 6.92. The van der Waals surface area contributed by atoms with Crippen molar-refractivity contribution in [3.63, 3.8) is 0 Å². The summed E-state index contributed by atoms with van der Waals surface area (Å²) in [5.41, 5.74) is 1.60. The molecule has 0 fully saturated rings. The zero-order valence-electron chi connectivity index (χ0n) is 13.0. The third-order valence-electron chi connectivity index (χ3n) is 2.86. The van der Waals surface area contributed by atoms with Crippen molar-refractivity contribution in [2.45, 2.75) is 32.7 Å². The standard InChI is InChI=1S/C17H20BrN3O/c1-17(2,3)21-15-9-8-13(11-19-15)20-16(22)10-12-6-4-5-7-14(12)18/h4-9,11H,10H2,1-3H3,(H,19,21)(H,20,22). The predicted molar refractivity (Wildman–Crippen MR) is 94.1 cm³/mol. The third kappa shape index (κ3) is 5.15. The van der Waals surface area contributed by atoms with Gasteiger partial charge >= 0.3 is 0 Å². The maximum atomic E-state index is 12.1. The third-order valence-corrected chi connectivity index (χ3v) is 3.63. The maximum Gasteiger partial charge on any atom is 0.228 e. The molecule has 22 heavy (non-hydrogen) atoms. The summed E-state index contributed by atoms with van der Waals surface area (Å²) in [6.45, 7) is 6.21. The van der Waals surface area contributed by atoms with Crippen LogP contribution in [0, 0.1) is 0 Å². The highest BCUT2D eigenvalue weighted by atomic mass is 79.9. The average Bonchev–Trinajstić information content (AvgIpc) is 2.42. The fourth-order valence-electron chi connectivity index (χ4n) is 1.95. The molecule has 0 spiro atoms. The Bertz CT molecular complexity index is 648. The Morgan fingerprint density at radius 1 is 1.18 bits per heavy atom. The van der Waals surface area contributed by atoms with Gasteiger partial charge in [0.2, 0.25) is 5.91 Å². The molecule has 116 valence electrons. The minimum atomic E-state index is -0.0646. The van der Waals surface area contributed by atoms with Crippen LogP contribution in [0.2, 0.25) is 0 Å². The number of aromatic nitrogens is 1. The largest absolute Gasteiger partial charge is 0.365 e. The summed E-state index contributed by atoms with van der Waals surface area (Å²) in [6, 6.07) is 11.4. The van der Waals surface area contributed by atoms with E-state index in [4.69, 9.17) is 0 Å². The van der Waals surface area contributed by atoms with Gasteiger partial charge in [0, 0.05) is 10.0 Å². The Labute approximate surface area is 139 Å². The molecule has 1 aromatic carbocycles. The molecule has 2 aromatic rings. The lowest BCUT2D eigenvalue weighted by atomic mass is 10.1. The van der Waals surface area contributed by atoms with Crippen LogP contribution in [0.4, 0.5) is 11.5 Å². The molecule has 0 saturated heterocycles. The van der Waals surface area contributed by atoms with Gasteiger partial charge in [-0.3, -0.25) is 4.79 Å². The van der Waals surface area contributed by atoms with Gasteiger partial charge in [0.25, 0.3) is 0 Å². The van der Waals surface area contributed by atoms with Crippen LogP contribution in [0.1, 0.15) is 26.3 Å². The topological polar surface area (TPSA) is 54.0 Å². The van der Waals surface area contributed by atoms with Crippen molar-refractivity contribution in [3.8, 4) is 0 Å². The van der Waals surface area contributed by atoms with E-state index in [1.54, 1.807) is 6.20 Å². The number of pyridine rings is 1. The number of halogens is 1. The van der Waals surface area contributed by atoms with Gasteiger partial charge in [-0.05, 0) is 44.5 Å². The summed E-state index contributed by atoms with van der Waals surface area (Å²) in [5, 5.41) is 6.14. The van der Waals surface area contributed by atoms with Crippen molar-refractivity contribution in [1.82, 2.24) is 4.98 Å². The minimum Gasteiger partial charge on any atom is -0.365 e. The van der Waals surface area contributed by atoms with Gasteiger partial charge in [-0.2, -0.15) is 0 Å². The smallest absolute Gasteiger partial charge is 0.228 e. The summed E-state index contributed by atoms with van der Waals surface area (Å²) in [5.74, 6) is 0.724. The molecule has 0 bridgehead atoms. The molecular weight excluding hydrogens is 342 g/mol. The van der Waals surface area contributed by atoms with Gasteiger partial charge in [0.1, 0.15) is 5.82 Å². The lowest BCUT2D eigenvalue weighted by molar-refractivity contribution is -0.115. The van der Waals surface area contributed by atoms with E-state index in [0.717, 1.165) is 15.9 Å². The molecule has 5 heteroatoms. The Morgan fingerprint density at radius 3 is 2.50 bits per heavy atom. The van der Waals surface area contributed by atoms with E-state index >= 15 is 0 Å². The van der Waals surface area contributed by atoms with Gasteiger partial charge in [0.15, 0.2) is 0 Å². The summed E-state index contributed by atoms with van der Waals surface area (Å²) in [4.78, 5) is 16.4. The monoisotopic (exact) mass is 361 g/mol. The molecule has 0 unspecified atom stereocenters. The second-order valence-electron chi connectivity index (χ2n) is 6.12. The second-order valence-corrected chi connectivity index (χ2v) is 6.98. The van der Waals surface area contributed by atoms with E-state index in [-0.39, 0.29) is 11.4 Å². The van der Waals surface area contributed by atoms with Gasteiger partial charge in [-0.15, -0.1) is 0 Å². The van der Waals surface area contributed by atoms with Crippen LogP contribution in [-0.4, -0.2) is 16.4 Å². The molecule has 2 N–H and O–H groups in total. The molecule has 1 heterocycles. The first-order valence-corrected chi connectivity index (χ1v) is 7.90. The Balaban J connectivity index is 1.96. The molecule has 0 saturated carbocycles. The van der Waals surface area contributed by atoms with E-state index in [0.29, 0.717) is 12.1 Å². The number of carbonyl (C=O) groups excluding carboxylic acids is 1. The van der Waals surface area contributed by atoms with Gasteiger partial charge in [0.05, 0.1) is 18.3 Å². The van der Waals surface area contributed by atoms with Crippen LogP contribution < -0.4 is 10.6 Å². The van der Waals surface area contributed by atoms with Gasteiger partial charge in [-0.1, -0.05) is 34.1 Å². The normalized spacial score (nSPS) is 11.1. The molecule has 4 nitrogen and oxygen atoms in total. The SMILES string of the molecule is CC(C)(C)Nc1ccc(NC(=O)Cc2ccccc2Br)cn1. The highest BCUT2D eigenvalue weighted by Gasteiger charge is 2.10. The molecule has 0 aliphatic heterocycles. The van der Waals surface area contributed by atoms with Crippen molar-refractivity contribution >= 4 is 33.3 Å². The number of nitrogens with one attached hydrogen (secondary N) is 2. The summed E-state index contributed by atoms with van der Waals surface area (Å²) < 4.78 is 0.938. The number of hydrogen-bond donors (Lipinski definition) is 2. The van der Waals surface area contributed by atoms with E-state index in [1.807, 2.05) is 36.4 Å². The van der Waals surface area contributed by atoms with E-state index in [1.165, 1.54) is 0 Å². The zero-order valence-corrected chi connectivity index (χ0v) is 14.6. The van der Waals surface area contributed by atoms with Crippen molar-refractivity contribution in [1.29, 1.82) is 0 Å². The Kier molecular flexibility index (Phi) is 5.19. The highest BCUT2D eigenvalue weighted by Crippen LogP contribution is 2.18. The lowest BCUT2D eigenvalue weighted by Gasteiger charge is -2.21. The first kappa shape index (κ1) is 16.5. The molecular formula is C17H20BrN3O. The van der Waals surface area contributed by atoms with E-state index in [2.05, 4.69) is 52.3 Å². The quantitative estimate of drug-likeness (QED) is 0.856. The number of nitrogens with zero attached hydrogens (tertiary/aromatic N) is 1. The molecule has 0 radical (unpaired) electrons. The van der Waals surface area contributed by atoms with Crippen molar-refractivity contribution in [2.75, 3.05) is 10.6 Å². The Hall–Kier alpha value is -1.88. The zero-order chi connectivity index (χ0) is 16.2. The van der Waals surface area contributed by atoms with Crippen LogP contribution in [-0.2, 0) is 11.2 Å². The van der Waals surface area contributed by atoms with Crippen LogP contribution in [0.15, 0.2) is 47.1 Å². The predicted octanol–water partition coefficient (Wildman–Crippen LogP) is 4.24. The number of hydrogen-bond acceptors (Lipinski definition) is 3. The summed E-state index contributed by atoms with van der Waals surface area (Å²) in [7, 11) is 0. The van der Waals surface area contributed by atoms with Crippen LogP contribution >= 0.6 is 15.9 Å². The molecule has 0 atom stereocenters. The fourth-order valence-corrected chi connectivity index (χ4v) is 2.37. The fraction of sp³-hybridized carbons (Fsp3) is 0.294. The molecule has 1 amide bonds. The van der Waals surface area contributed by atoms with E-state index in [9.17, 15) is 4.79 Å². The minimum absolute atomic E-state index is 0.0443.